The van der Waals surface area contributed by atoms with Gasteiger partial charge in [-0.2, -0.15) is 0 Å². The molecule has 17 heavy (non-hydrogen) atoms. The molecule has 0 aliphatic rings. The van der Waals surface area contributed by atoms with E-state index < -0.39 is 5.43 Å². The van der Waals surface area contributed by atoms with Gasteiger partial charge in [0.2, 0.25) is 0 Å². The minimum Gasteiger partial charge on any atom is -0.454 e. The van der Waals surface area contributed by atoms with Gasteiger partial charge in [-0.25, -0.2) is 4.79 Å². The quantitative estimate of drug-likeness (QED) is 0.340. The molecule has 0 aliphatic heterocycles. The van der Waals surface area contributed by atoms with Crippen LogP contribution < -0.4 is 4.74 Å². The summed E-state index contributed by atoms with van der Waals surface area (Å²) in [4.78, 5) is 21.6. The highest BCUT2D eigenvalue weighted by molar-refractivity contribution is 6.61. The van der Waals surface area contributed by atoms with Gasteiger partial charge in [-0.15, -0.1) is 0 Å². The average Bonchev–Trinajstić information content (AvgIpc) is 2.29. The van der Waals surface area contributed by atoms with Gasteiger partial charge in [0.15, 0.2) is 0 Å². The third kappa shape index (κ3) is 6.58. The molecule has 0 radical (unpaired) electrons. The molecule has 0 aliphatic carbocycles. The monoisotopic (exact) mass is 256 g/mol. The van der Waals surface area contributed by atoms with Crippen LogP contribution in [0.25, 0.3) is 0 Å². The van der Waals surface area contributed by atoms with Crippen molar-refractivity contribution in [2.45, 2.75) is 19.3 Å². The van der Waals surface area contributed by atoms with Crippen LogP contribution in [0, 0.1) is 0 Å². The van der Waals surface area contributed by atoms with Gasteiger partial charge in [0.25, 0.3) is 0 Å². The molecule has 0 saturated carbocycles. The number of halogens is 1. The van der Waals surface area contributed by atoms with Crippen molar-refractivity contribution in [1.82, 2.24) is 0 Å². The second-order valence-electron chi connectivity index (χ2n) is 3.33. The average molecular weight is 257 g/mol. The molecule has 4 nitrogen and oxygen atoms in total. The number of para-hydroxylation sites is 1. The molecule has 1 aromatic rings. The lowest BCUT2D eigenvalue weighted by atomic mass is 10.2. The first-order valence-corrected chi connectivity index (χ1v) is 5.64. The maximum Gasteiger partial charge on any atom is 0.403 e. The molecular weight excluding hydrogens is 244 g/mol. The minimum absolute atomic E-state index is 0.223. The first-order valence-electron chi connectivity index (χ1n) is 5.26. The van der Waals surface area contributed by atoms with Gasteiger partial charge in [-0.1, -0.05) is 18.2 Å². The van der Waals surface area contributed by atoms with E-state index in [0.29, 0.717) is 18.6 Å². The van der Waals surface area contributed by atoms with Gasteiger partial charge in [0.05, 0.1) is 6.61 Å². The molecule has 0 unspecified atom stereocenters. The number of carbonyl (C=O) groups excluding carboxylic acids is 2. The zero-order valence-electron chi connectivity index (χ0n) is 9.23. The van der Waals surface area contributed by atoms with Crippen LogP contribution in [0.15, 0.2) is 30.3 Å². The highest BCUT2D eigenvalue weighted by Crippen LogP contribution is 2.10. The van der Waals surface area contributed by atoms with Crippen LogP contribution in [0.5, 0.6) is 5.75 Å². The summed E-state index contributed by atoms with van der Waals surface area (Å²) in [6, 6.07) is 8.86. The lowest BCUT2D eigenvalue weighted by Gasteiger charge is -2.03. The third-order valence-electron chi connectivity index (χ3n) is 1.97. The number of benzene rings is 1. The Bertz CT molecular complexity index is 364. The molecule has 0 amide bonds. The molecule has 0 aromatic heterocycles. The first-order chi connectivity index (χ1) is 8.18. The summed E-state index contributed by atoms with van der Waals surface area (Å²) < 4.78 is 9.59. The Labute approximate surface area is 104 Å². The molecular formula is C12H13ClO4. The summed E-state index contributed by atoms with van der Waals surface area (Å²) in [5.74, 6) is 0.234. The summed E-state index contributed by atoms with van der Waals surface area (Å²) in [5.41, 5.74) is -0.822. The summed E-state index contributed by atoms with van der Waals surface area (Å²) in [6.07, 6.45) is 1.47. The van der Waals surface area contributed by atoms with Crippen LogP contribution in [0.2, 0.25) is 0 Å². The normalized spacial score (nSPS) is 9.71. The van der Waals surface area contributed by atoms with Crippen LogP contribution in [0.1, 0.15) is 19.3 Å². The molecule has 0 heterocycles. The van der Waals surface area contributed by atoms with E-state index in [0.717, 1.165) is 0 Å². The summed E-state index contributed by atoms with van der Waals surface area (Å²) in [7, 11) is 0. The standard InChI is InChI=1S/C12H13ClO4/c13-12(15)16-9-5-4-8-11(14)17-10-6-2-1-3-7-10/h1-3,6-7H,4-5,8-9H2. The SMILES string of the molecule is O=C(Cl)OCCCCC(=O)Oc1ccccc1. The molecule has 1 aromatic carbocycles. The Kier molecular flexibility index (Phi) is 6.10. The number of esters is 1. The summed E-state index contributed by atoms with van der Waals surface area (Å²) in [6.45, 7) is 0.223. The Morgan fingerprint density at radius 2 is 1.82 bits per heavy atom. The number of carbonyl (C=O) groups is 2. The van der Waals surface area contributed by atoms with Gasteiger partial charge in [-0.3, -0.25) is 4.79 Å². The van der Waals surface area contributed by atoms with Crippen molar-refractivity contribution in [1.29, 1.82) is 0 Å². The number of hydrogen-bond acceptors (Lipinski definition) is 4. The van der Waals surface area contributed by atoms with Gasteiger partial charge in [0, 0.05) is 18.0 Å². The number of ether oxygens (including phenoxy) is 2. The zero-order chi connectivity index (χ0) is 12.5. The highest BCUT2D eigenvalue weighted by atomic mass is 35.5. The van der Waals surface area contributed by atoms with E-state index in [1.165, 1.54) is 0 Å². The first kappa shape index (κ1) is 13.5. The predicted octanol–water partition coefficient (Wildman–Crippen LogP) is 3.14. The van der Waals surface area contributed by atoms with Crippen molar-refractivity contribution < 1.29 is 19.1 Å². The third-order valence-corrected chi connectivity index (χ3v) is 2.07. The molecule has 1 rings (SSSR count). The zero-order valence-corrected chi connectivity index (χ0v) is 9.98. The van der Waals surface area contributed by atoms with Crippen LogP contribution in [-0.2, 0) is 9.53 Å². The fraction of sp³-hybridized carbons (Fsp3) is 0.333. The van der Waals surface area contributed by atoms with E-state index in [4.69, 9.17) is 16.3 Å². The second-order valence-corrected chi connectivity index (χ2v) is 3.64. The molecule has 0 saturated heterocycles. The van der Waals surface area contributed by atoms with Crippen LogP contribution in [0.4, 0.5) is 4.79 Å². The maximum absolute atomic E-state index is 11.4. The van der Waals surface area contributed by atoms with Crippen LogP contribution in [-0.4, -0.2) is 18.0 Å². The molecule has 0 fully saturated rings. The van der Waals surface area contributed by atoms with Crippen LogP contribution in [0.3, 0.4) is 0 Å². The topological polar surface area (TPSA) is 52.6 Å². The van der Waals surface area contributed by atoms with Gasteiger partial charge in [0.1, 0.15) is 5.75 Å². The van der Waals surface area contributed by atoms with E-state index in [1.807, 2.05) is 6.07 Å². The Morgan fingerprint density at radius 3 is 2.47 bits per heavy atom. The van der Waals surface area contributed by atoms with Gasteiger partial charge >= 0.3 is 11.4 Å². The molecule has 0 N–H and O–H groups in total. The summed E-state index contributed by atoms with van der Waals surface area (Å²) in [5, 5.41) is 0. The predicted molar refractivity (Wildman–Crippen MR) is 63.1 cm³/mol. The molecule has 92 valence electrons. The van der Waals surface area contributed by atoms with Crippen molar-refractivity contribution in [3.05, 3.63) is 30.3 Å². The van der Waals surface area contributed by atoms with Crippen molar-refractivity contribution in [2.24, 2.45) is 0 Å². The number of rotatable bonds is 6. The molecule has 0 atom stereocenters. The number of unbranched alkanes of at least 4 members (excludes halogenated alkanes) is 1. The van der Waals surface area contributed by atoms with Gasteiger partial charge < -0.3 is 9.47 Å². The molecule has 0 bridgehead atoms. The fourth-order valence-corrected chi connectivity index (χ4v) is 1.27. The Balaban J connectivity index is 2.12. The van der Waals surface area contributed by atoms with E-state index in [1.54, 1.807) is 24.3 Å². The maximum atomic E-state index is 11.4. The smallest absolute Gasteiger partial charge is 0.403 e. The van der Waals surface area contributed by atoms with Gasteiger partial charge in [-0.05, 0) is 25.0 Å². The second kappa shape index (κ2) is 7.68. The lowest BCUT2D eigenvalue weighted by Crippen LogP contribution is -2.08. The highest BCUT2D eigenvalue weighted by Gasteiger charge is 2.04. The van der Waals surface area contributed by atoms with E-state index in [2.05, 4.69) is 4.74 Å². The minimum atomic E-state index is -0.822. The largest absolute Gasteiger partial charge is 0.454 e. The number of hydrogen-bond donors (Lipinski definition) is 0. The molecule has 0 spiro atoms. The van der Waals surface area contributed by atoms with E-state index >= 15 is 0 Å². The van der Waals surface area contributed by atoms with Crippen molar-refractivity contribution >= 4 is 23.0 Å². The molecule has 5 heteroatoms. The van der Waals surface area contributed by atoms with E-state index in [-0.39, 0.29) is 19.0 Å². The van der Waals surface area contributed by atoms with E-state index in [9.17, 15) is 9.59 Å². The Morgan fingerprint density at radius 1 is 1.12 bits per heavy atom. The van der Waals surface area contributed by atoms with Crippen molar-refractivity contribution in [3.63, 3.8) is 0 Å². The summed E-state index contributed by atoms with van der Waals surface area (Å²) >= 11 is 4.97. The van der Waals surface area contributed by atoms with Crippen molar-refractivity contribution in [3.8, 4) is 5.75 Å². The lowest BCUT2D eigenvalue weighted by molar-refractivity contribution is -0.134. The van der Waals surface area contributed by atoms with Crippen molar-refractivity contribution in [2.75, 3.05) is 6.61 Å². The fourth-order valence-electron chi connectivity index (χ4n) is 1.19. The van der Waals surface area contributed by atoms with Crippen LogP contribution >= 0.6 is 11.6 Å². The Hall–Kier alpha value is -1.55.